The highest BCUT2D eigenvalue weighted by molar-refractivity contribution is 9.10. The van der Waals surface area contributed by atoms with Crippen LogP contribution in [0, 0.1) is 13.8 Å². The van der Waals surface area contributed by atoms with Crippen LogP contribution in [0.1, 0.15) is 42.4 Å². The van der Waals surface area contributed by atoms with Crippen molar-refractivity contribution in [1.29, 1.82) is 0 Å². The third kappa shape index (κ3) is 2.67. The predicted molar refractivity (Wildman–Crippen MR) is 87.6 cm³/mol. The predicted octanol–water partition coefficient (Wildman–Crippen LogP) is 4.09. The largest absolute Gasteiger partial charge is 0.313 e. The lowest BCUT2D eigenvalue weighted by Gasteiger charge is -2.17. The number of rotatable bonds is 4. The second-order valence-corrected chi connectivity index (χ2v) is 6.04. The first-order valence-corrected chi connectivity index (χ1v) is 7.81. The molecule has 0 bridgehead atoms. The standard InChI is InChI=1S/C16H22BrN3/c1-6-14-11(3)19-20(12(14)4)16-9-13(17)7-8-15(16)10(2)18-5/h7-10,18H,6H2,1-5H3. The van der Waals surface area contributed by atoms with E-state index in [0.29, 0.717) is 0 Å². The molecule has 108 valence electrons. The number of aromatic nitrogens is 2. The Morgan fingerprint density at radius 2 is 2.05 bits per heavy atom. The topological polar surface area (TPSA) is 29.9 Å². The smallest absolute Gasteiger partial charge is 0.0707 e. The molecule has 0 aliphatic carbocycles. The Morgan fingerprint density at radius 1 is 1.35 bits per heavy atom. The van der Waals surface area contributed by atoms with Gasteiger partial charge in [0.1, 0.15) is 0 Å². The molecule has 0 radical (unpaired) electrons. The van der Waals surface area contributed by atoms with E-state index in [4.69, 9.17) is 5.10 Å². The maximum atomic E-state index is 4.74. The molecule has 1 aromatic heterocycles. The van der Waals surface area contributed by atoms with Gasteiger partial charge in [0.15, 0.2) is 0 Å². The molecule has 3 nitrogen and oxygen atoms in total. The van der Waals surface area contributed by atoms with Crippen LogP contribution in [0.4, 0.5) is 0 Å². The molecule has 2 aromatic rings. The van der Waals surface area contributed by atoms with Crippen molar-refractivity contribution in [3.63, 3.8) is 0 Å². The van der Waals surface area contributed by atoms with Gasteiger partial charge in [-0.1, -0.05) is 28.9 Å². The van der Waals surface area contributed by atoms with Crippen molar-refractivity contribution in [3.05, 3.63) is 45.2 Å². The van der Waals surface area contributed by atoms with Crippen LogP contribution < -0.4 is 5.32 Å². The fourth-order valence-corrected chi connectivity index (χ4v) is 2.99. The summed E-state index contributed by atoms with van der Waals surface area (Å²) in [5.74, 6) is 0. The van der Waals surface area contributed by atoms with E-state index in [1.54, 1.807) is 0 Å². The molecule has 20 heavy (non-hydrogen) atoms. The summed E-state index contributed by atoms with van der Waals surface area (Å²) in [6, 6.07) is 6.66. The molecule has 0 spiro atoms. The number of nitrogens with one attached hydrogen (secondary N) is 1. The van der Waals surface area contributed by atoms with Gasteiger partial charge < -0.3 is 5.32 Å². The lowest BCUT2D eigenvalue weighted by Crippen LogP contribution is -2.16. The van der Waals surface area contributed by atoms with Crippen molar-refractivity contribution >= 4 is 15.9 Å². The van der Waals surface area contributed by atoms with Gasteiger partial charge in [-0.05, 0) is 57.5 Å². The van der Waals surface area contributed by atoms with Crippen LogP contribution in [0.25, 0.3) is 5.69 Å². The summed E-state index contributed by atoms with van der Waals surface area (Å²) in [5, 5.41) is 8.05. The number of hydrogen-bond acceptors (Lipinski definition) is 2. The number of halogens is 1. The second-order valence-electron chi connectivity index (χ2n) is 5.13. The summed E-state index contributed by atoms with van der Waals surface area (Å²) in [4.78, 5) is 0. The normalized spacial score (nSPS) is 12.7. The summed E-state index contributed by atoms with van der Waals surface area (Å²) in [6.07, 6.45) is 1.02. The van der Waals surface area contributed by atoms with Crippen LogP contribution in [0.5, 0.6) is 0 Å². The third-order valence-corrected chi connectivity index (χ3v) is 4.41. The summed E-state index contributed by atoms with van der Waals surface area (Å²) >= 11 is 3.57. The Balaban J connectivity index is 2.65. The zero-order chi connectivity index (χ0) is 14.9. The molecule has 1 atom stereocenters. The minimum absolute atomic E-state index is 0.284. The van der Waals surface area contributed by atoms with Gasteiger partial charge in [-0.3, -0.25) is 0 Å². The zero-order valence-electron chi connectivity index (χ0n) is 12.8. The fourth-order valence-electron chi connectivity index (χ4n) is 2.64. The van der Waals surface area contributed by atoms with E-state index in [0.717, 1.165) is 22.3 Å². The average Bonchev–Trinajstić information content (AvgIpc) is 2.72. The van der Waals surface area contributed by atoms with Gasteiger partial charge in [-0.2, -0.15) is 5.10 Å². The Kier molecular flexibility index (Phi) is 4.66. The summed E-state index contributed by atoms with van der Waals surface area (Å²) in [5.41, 5.74) is 6.08. The first-order valence-electron chi connectivity index (χ1n) is 7.01. The molecule has 4 heteroatoms. The van der Waals surface area contributed by atoms with E-state index >= 15 is 0 Å². The third-order valence-electron chi connectivity index (χ3n) is 3.91. The molecular weight excluding hydrogens is 314 g/mol. The molecule has 1 heterocycles. The van der Waals surface area contributed by atoms with Crippen LogP contribution in [0.2, 0.25) is 0 Å². The highest BCUT2D eigenvalue weighted by Crippen LogP contribution is 2.27. The molecular formula is C16H22BrN3. The number of nitrogens with zero attached hydrogens (tertiary/aromatic N) is 2. The summed E-state index contributed by atoms with van der Waals surface area (Å²) < 4.78 is 3.15. The van der Waals surface area contributed by atoms with Gasteiger partial charge >= 0.3 is 0 Å². The van der Waals surface area contributed by atoms with Crippen molar-refractivity contribution in [2.24, 2.45) is 0 Å². The van der Waals surface area contributed by atoms with Crippen LogP contribution in [-0.2, 0) is 6.42 Å². The van der Waals surface area contributed by atoms with Gasteiger partial charge in [-0.25, -0.2) is 4.68 Å². The molecule has 1 N–H and O–H groups in total. The SMILES string of the molecule is CCc1c(C)nn(-c2cc(Br)ccc2C(C)NC)c1C. The van der Waals surface area contributed by atoms with Crippen molar-refractivity contribution in [2.75, 3.05) is 7.05 Å². The highest BCUT2D eigenvalue weighted by atomic mass is 79.9. The summed E-state index contributed by atoms with van der Waals surface area (Å²) in [6.45, 7) is 8.58. The van der Waals surface area contributed by atoms with Gasteiger partial charge in [0.2, 0.25) is 0 Å². The van der Waals surface area contributed by atoms with E-state index in [-0.39, 0.29) is 6.04 Å². The minimum atomic E-state index is 0.284. The lowest BCUT2D eigenvalue weighted by atomic mass is 10.1. The summed E-state index contributed by atoms with van der Waals surface area (Å²) in [7, 11) is 1.98. The van der Waals surface area contributed by atoms with Crippen molar-refractivity contribution < 1.29 is 0 Å². The van der Waals surface area contributed by atoms with Crippen molar-refractivity contribution in [2.45, 2.75) is 40.2 Å². The molecule has 1 aromatic carbocycles. The molecule has 1 unspecified atom stereocenters. The van der Waals surface area contributed by atoms with Crippen LogP contribution in [-0.4, -0.2) is 16.8 Å². The van der Waals surface area contributed by atoms with Gasteiger partial charge in [0, 0.05) is 16.2 Å². The lowest BCUT2D eigenvalue weighted by molar-refractivity contribution is 0.642. The van der Waals surface area contributed by atoms with Crippen molar-refractivity contribution in [3.8, 4) is 5.69 Å². The van der Waals surface area contributed by atoms with Crippen LogP contribution in [0.3, 0.4) is 0 Å². The molecule has 0 amide bonds. The fraction of sp³-hybridized carbons (Fsp3) is 0.438. The Labute approximate surface area is 129 Å². The van der Waals surface area contributed by atoms with Crippen molar-refractivity contribution in [1.82, 2.24) is 15.1 Å². The van der Waals surface area contributed by atoms with E-state index in [1.165, 1.54) is 16.8 Å². The molecule has 0 aliphatic heterocycles. The zero-order valence-corrected chi connectivity index (χ0v) is 14.4. The second kappa shape index (κ2) is 6.10. The van der Waals surface area contributed by atoms with Crippen LogP contribution in [0.15, 0.2) is 22.7 Å². The Morgan fingerprint density at radius 3 is 2.60 bits per heavy atom. The first kappa shape index (κ1) is 15.3. The maximum absolute atomic E-state index is 4.74. The first-order chi connectivity index (χ1) is 9.49. The number of benzene rings is 1. The average molecular weight is 336 g/mol. The minimum Gasteiger partial charge on any atom is -0.313 e. The maximum Gasteiger partial charge on any atom is 0.0707 e. The van der Waals surface area contributed by atoms with E-state index < -0.39 is 0 Å². The highest BCUT2D eigenvalue weighted by Gasteiger charge is 2.16. The number of aryl methyl sites for hydroxylation is 1. The molecule has 0 fully saturated rings. The van der Waals surface area contributed by atoms with E-state index in [2.05, 4.69) is 71.8 Å². The van der Waals surface area contributed by atoms with E-state index in [9.17, 15) is 0 Å². The number of hydrogen-bond donors (Lipinski definition) is 1. The Hall–Kier alpha value is -1.13. The van der Waals surface area contributed by atoms with Gasteiger partial charge in [0.05, 0.1) is 11.4 Å². The van der Waals surface area contributed by atoms with Gasteiger partial charge in [-0.15, -0.1) is 0 Å². The van der Waals surface area contributed by atoms with Crippen LogP contribution >= 0.6 is 15.9 Å². The van der Waals surface area contributed by atoms with Gasteiger partial charge in [0.25, 0.3) is 0 Å². The molecule has 0 aliphatic rings. The molecule has 2 rings (SSSR count). The molecule has 0 saturated heterocycles. The Bertz CT molecular complexity index is 616. The van der Waals surface area contributed by atoms with E-state index in [1.807, 2.05) is 7.05 Å². The molecule has 0 saturated carbocycles. The monoisotopic (exact) mass is 335 g/mol. The quantitative estimate of drug-likeness (QED) is 0.911.